The van der Waals surface area contributed by atoms with Gasteiger partial charge in [-0.15, -0.1) is 0 Å². The van der Waals surface area contributed by atoms with Gasteiger partial charge in [0.05, 0.1) is 5.52 Å². The molecule has 2 amide bonds. The van der Waals surface area contributed by atoms with Crippen molar-refractivity contribution >= 4 is 28.4 Å². The van der Waals surface area contributed by atoms with Crippen molar-refractivity contribution in [1.29, 1.82) is 0 Å². The van der Waals surface area contributed by atoms with Crippen LogP contribution in [0.25, 0.3) is 16.6 Å². The fraction of sp³-hybridized carbons (Fsp3) is 0.154. The van der Waals surface area contributed by atoms with Crippen LogP contribution in [0.1, 0.15) is 20.8 Å². The maximum atomic E-state index is 13.6. The molecule has 1 saturated heterocycles. The highest BCUT2D eigenvalue weighted by atomic mass is 16.2. The molecule has 0 bridgehead atoms. The van der Waals surface area contributed by atoms with E-state index in [0.717, 1.165) is 22.3 Å². The van der Waals surface area contributed by atoms with Gasteiger partial charge < -0.3 is 20.1 Å². The fourth-order valence-electron chi connectivity index (χ4n) is 4.35. The molecule has 0 atom stereocenters. The van der Waals surface area contributed by atoms with Gasteiger partial charge in [0, 0.05) is 48.5 Å². The van der Waals surface area contributed by atoms with Crippen molar-refractivity contribution in [2.45, 2.75) is 0 Å². The first-order valence-corrected chi connectivity index (χ1v) is 10.7. The van der Waals surface area contributed by atoms with Crippen LogP contribution in [0.2, 0.25) is 0 Å². The third-order valence-corrected chi connectivity index (χ3v) is 6.01. The molecule has 1 fully saturated rings. The molecule has 6 nitrogen and oxygen atoms in total. The van der Waals surface area contributed by atoms with E-state index in [-0.39, 0.29) is 5.91 Å². The van der Waals surface area contributed by atoms with Crippen LogP contribution in [-0.2, 0) is 0 Å². The number of anilines is 1. The summed E-state index contributed by atoms with van der Waals surface area (Å²) in [4.78, 5) is 29.2. The van der Waals surface area contributed by atoms with Crippen LogP contribution < -0.4 is 10.6 Å². The maximum absolute atomic E-state index is 13.6. The molecule has 2 heterocycles. The molecule has 1 aliphatic heterocycles. The van der Waals surface area contributed by atoms with Crippen molar-refractivity contribution in [3.8, 4) is 5.69 Å². The van der Waals surface area contributed by atoms with Crippen LogP contribution in [0, 0.1) is 0 Å². The van der Waals surface area contributed by atoms with Crippen molar-refractivity contribution in [3.05, 3.63) is 96.2 Å². The zero-order chi connectivity index (χ0) is 22.1. The highest BCUT2D eigenvalue weighted by Gasteiger charge is 2.26. The highest BCUT2D eigenvalue weighted by Crippen LogP contribution is 2.26. The summed E-state index contributed by atoms with van der Waals surface area (Å²) in [5.41, 5.74) is 9.52. The lowest BCUT2D eigenvalue weighted by Gasteiger charge is -2.36. The zero-order valence-electron chi connectivity index (χ0n) is 17.6. The summed E-state index contributed by atoms with van der Waals surface area (Å²) in [6.45, 7) is 2.60. The number of amides is 2. The van der Waals surface area contributed by atoms with Gasteiger partial charge in [0.15, 0.2) is 0 Å². The molecular formula is C26H24N4O2. The molecule has 6 heteroatoms. The molecule has 4 aromatic rings. The van der Waals surface area contributed by atoms with Crippen LogP contribution in [0.4, 0.5) is 5.69 Å². The second-order valence-electron chi connectivity index (χ2n) is 7.95. The Morgan fingerprint density at radius 3 is 2.16 bits per heavy atom. The van der Waals surface area contributed by atoms with E-state index in [1.54, 1.807) is 6.07 Å². The maximum Gasteiger partial charge on any atom is 0.270 e. The molecule has 3 aromatic carbocycles. The average molecular weight is 425 g/mol. The molecule has 1 aromatic heterocycles. The molecule has 0 spiro atoms. The number of primary amides is 1. The summed E-state index contributed by atoms with van der Waals surface area (Å²) in [5.74, 6) is -0.412. The first kappa shape index (κ1) is 19.9. The van der Waals surface area contributed by atoms with Crippen LogP contribution in [0.15, 0.2) is 84.9 Å². The van der Waals surface area contributed by atoms with Crippen LogP contribution in [0.5, 0.6) is 0 Å². The molecule has 32 heavy (non-hydrogen) atoms. The number of hydrogen-bond donors (Lipinski definition) is 1. The van der Waals surface area contributed by atoms with Crippen molar-refractivity contribution in [2.24, 2.45) is 5.73 Å². The Kier molecular flexibility index (Phi) is 5.11. The second-order valence-corrected chi connectivity index (χ2v) is 7.95. The molecule has 0 unspecified atom stereocenters. The number of para-hydroxylation sites is 2. The minimum atomic E-state index is -0.436. The third kappa shape index (κ3) is 3.60. The first-order valence-electron chi connectivity index (χ1n) is 10.7. The van der Waals surface area contributed by atoms with Crippen molar-refractivity contribution in [3.63, 3.8) is 0 Å². The molecule has 160 valence electrons. The number of fused-ring (bicyclic) bond motifs is 1. The van der Waals surface area contributed by atoms with Crippen molar-refractivity contribution < 1.29 is 9.59 Å². The molecular weight excluding hydrogens is 400 g/mol. The van der Waals surface area contributed by atoms with E-state index in [0.29, 0.717) is 37.4 Å². The number of nitrogens with zero attached hydrogens (tertiary/aromatic N) is 3. The number of hydrogen-bond acceptors (Lipinski definition) is 3. The Morgan fingerprint density at radius 2 is 1.41 bits per heavy atom. The molecule has 1 aliphatic rings. The van der Waals surface area contributed by atoms with E-state index in [1.807, 2.05) is 88.3 Å². The van der Waals surface area contributed by atoms with Gasteiger partial charge in [0.2, 0.25) is 5.91 Å². The van der Waals surface area contributed by atoms with Gasteiger partial charge in [-0.05, 0) is 42.5 Å². The van der Waals surface area contributed by atoms with Gasteiger partial charge in [-0.1, -0.05) is 42.5 Å². The Hall–Kier alpha value is -4.06. The smallest absolute Gasteiger partial charge is 0.270 e. The lowest BCUT2D eigenvalue weighted by atomic mass is 10.1. The minimum Gasteiger partial charge on any atom is -0.368 e. The predicted octanol–water partition coefficient (Wildman–Crippen LogP) is 3.69. The second kappa shape index (κ2) is 8.23. The quantitative estimate of drug-likeness (QED) is 0.543. The normalized spacial score (nSPS) is 14.0. The number of carbonyl (C=O) groups excluding carboxylic acids is 2. The van der Waals surface area contributed by atoms with Crippen molar-refractivity contribution in [1.82, 2.24) is 9.47 Å². The van der Waals surface area contributed by atoms with E-state index in [2.05, 4.69) is 4.90 Å². The highest BCUT2D eigenvalue weighted by molar-refractivity contribution is 6.00. The predicted molar refractivity (Wildman–Crippen MR) is 126 cm³/mol. The number of piperazine rings is 1. The molecule has 0 aliphatic carbocycles. The standard InChI is InChI=1S/C26H24N4O2/c27-25(31)20-8-6-11-22(17-20)28-13-15-29(16-14-28)26(32)24-18-19-7-4-5-12-23(19)30(24)21-9-2-1-3-10-21/h1-12,17-18H,13-16H2,(H2,27,31). The summed E-state index contributed by atoms with van der Waals surface area (Å²) in [5, 5.41) is 1.04. The average Bonchev–Trinajstić information content (AvgIpc) is 3.24. The Bertz CT molecular complexity index is 1290. The molecule has 2 N–H and O–H groups in total. The van der Waals surface area contributed by atoms with Gasteiger partial charge >= 0.3 is 0 Å². The number of nitrogens with two attached hydrogens (primary N) is 1. The minimum absolute atomic E-state index is 0.0237. The topological polar surface area (TPSA) is 71.6 Å². The number of rotatable bonds is 4. The van der Waals surface area contributed by atoms with Gasteiger partial charge in [-0.2, -0.15) is 0 Å². The van der Waals surface area contributed by atoms with Gasteiger partial charge in [-0.25, -0.2) is 0 Å². The monoisotopic (exact) mass is 424 g/mol. The van der Waals surface area contributed by atoms with E-state index < -0.39 is 5.91 Å². The third-order valence-electron chi connectivity index (χ3n) is 6.01. The summed E-state index contributed by atoms with van der Waals surface area (Å²) in [6, 6.07) is 27.4. The number of carbonyl (C=O) groups is 2. The SMILES string of the molecule is NC(=O)c1cccc(N2CCN(C(=O)c3cc4ccccc4n3-c3ccccc3)CC2)c1. The number of aromatic nitrogens is 1. The Labute approximate surface area is 186 Å². The summed E-state index contributed by atoms with van der Waals surface area (Å²) < 4.78 is 2.04. The number of benzene rings is 3. The summed E-state index contributed by atoms with van der Waals surface area (Å²) in [7, 11) is 0. The van der Waals surface area contributed by atoms with Gasteiger partial charge in [0.25, 0.3) is 5.91 Å². The van der Waals surface area contributed by atoms with E-state index >= 15 is 0 Å². The largest absolute Gasteiger partial charge is 0.368 e. The first-order chi connectivity index (χ1) is 15.6. The van der Waals surface area contributed by atoms with Gasteiger partial charge in [0.1, 0.15) is 5.69 Å². The molecule has 0 saturated carbocycles. The van der Waals surface area contributed by atoms with Gasteiger partial charge in [-0.3, -0.25) is 9.59 Å². The molecule has 0 radical (unpaired) electrons. The van der Waals surface area contributed by atoms with Crippen LogP contribution in [-0.4, -0.2) is 47.5 Å². The lowest BCUT2D eigenvalue weighted by Crippen LogP contribution is -2.49. The van der Waals surface area contributed by atoms with E-state index in [4.69, 9.17) is 5.73 Å². The molecule has 5 rings (SSSR count). The Morgan fingerprint density at radius 1 is 0.719 bits per heavy atom. The van der Waals surface area contributed by atoms with Crippen LogP contribution >= 0.6 is 0 Å². The van der Waals surface area contributed by atoms with Crippen LogP contribution in [0.3, 0.4) is 0 Å². The van der Waals surface area contributed by atoms with E-state index in [9.17, 15) is 9.59 Å². The zero-order valence-corrected chi connectivity index (χ0v) is 17.6. The van der Waals surface area contributed by atoms with Crippen molar-refractivity contribution in [2.75, 3.05) is 31.1 Å². The fourth-order valence-corrected chi connectivity index (χ4v) is 4.35. The Balaban J connectivity index is 1.40. The summed E-state index contributed by atoms with van der Waals surface area (Å²) in [6.07, 6.45) is 0. The van der Waals surface area contributed by atoms with E-state index in [1.165, 1.54) is 0 Å². The lowest BCUT2D eigenvalue weighted by molar-refractivity contribution is 0.0739. The summed E-state index contributed by atoms with van der Waals surface area (Å²) >= 11 is 0.